The van der Waals surface area contributed by atoms with E-state index < -0.39 is 0 Å². The predicted octanol–water partition coefficient (Wildman–Crippen LogP) is 2.07. The van der Waals surface area contributed by atoms with Gasteiger partial charge in [-0.25, -0.2) is 4.68 Å². The lowest BCUT2D eigenvalue weighted by atomic mass is 10.4. The molecule has 0 bridgehead atoms. The van der Waals surface area contributed by atoms with Crippen molar-refractivity contribution in [2.24, 2.45) is 0 Å². The van der Waals surface area contributed by atoms with Crippen molar-refractivity contribution in [1.29, 1.82) is 0 Å². The van der Waals surface area contributed by atoms with Gasteiger partial charge in [-0.1, -0.05) is 13.5 Å². The van der Waals surface area contributed by atoms with Crippen LogP contribution in [-0.4, -0.2) is 9.78 Å². The molecule has 10 heavy (non-hydrogen) atoms. The number of hydrogen-bond donors (Lipinski definition) is 0. The average molecular weight is 136 g/mol. The summed E-state index contributed by atoms with van der Waals surface area (Å²) in [6, 6.07) is 0. The summed E-state index contributed by atoms with van der Waals surface area (Å²) in [5.41, 5.74) is 2.21. The van der Waals surface area contributed by atoms with Gasteiger partial charge in [0.1, 0.15) is 0 Å². The van der Waals surface area contributed by atoms with Gasteiger partial charge >= 0.3 is 0 Å². The normalized spacial score (nSPS) is 9.80. The van der Waals surface area contributed by atoms with Crippen LogP contribution in [0.15, 0.2) is 19.0 Å². The Morgan fingerprint density at radius 2 is 2.50 bits per heavy atom. The van der Waals surface area contributed by atoms with E-state index in [1.165, 1.54) is 5.56 Å². The van der Waals surface area contributed by atoms with Crippen molar-refractivity contribution in [1.82, 2.24) is 9.78 Å². The zero-order valence-corrected chi connectivity index (χ0v) is 6.46. The van der Waals surface area contributed by atoms with Crippen molar-refractivity contribution in [3.63, 3.8) is 0 Å². The van der Waals surface area contributed by atoms with Crippen molar-refractivity contribution < 1.29 is 0 Å². The van der Waals surface area contributed by atoms with Crippen LogP contribution < -0.4 is 0 Å². The Morgan fingerprint density at radius 1 is 1.80 bits per heavy atom. The van der Waals surface area contributed by atoms with Gasteiger partial charge in [-0.05, 0) is 18.9 Å². The van der Waals surface area contributed by atoms with Crippen molar-refractivity contribution >= 4 is 5.70 Å². The molecule has 0 saturated heterocycles. The van der Waals surface area contributed by atoms with Crippen LogP contribution in [0.1, 0.15) is 18.9 Å². The Labute approximate surface area is 61.2 Å². The van der Waals surface area contributed by atoms with Crippen LogP contribution >= 0.6 is 0 Å². The molecule has 0 saturated carbocycles. The van der Waals surface area contributed by atoms with E-state index in [0.717, 1.165) is 12.1 Å². The molecule has 0 N–H and O–H groups in total. The predicted molar refractivity (Wildman–Crippen MR) is 42.6 cm³/mol. The number of hydrogen-bond acceptors (Lipinski definition) is 1. The summed E-state index contributed by atoms with van der Waals surface area (Å²) in [5.74, 6) is 0. The highest BCUT2D eigenvalue weighted by atomic mass is 15.3. The molecule has 0 aromatic carbocycles. The lowest BCUT2D eigenvalue weighted by Gasteiger charge is -1.99. The molecule has 0 unspecified atom stereocenters. The molecule has 0 fully saturated rings. The van der Waals surface area contributed by atoms with Crippen molar-refractivity contribution in [2.75, 3.05) is 0 Å². The van der Waals surface area contributed by atoms with Crippen molar-refractivity contribution in [2.45, 2.75) is 20.3 Å². The summed E-state index contributed by atoms with van der Waals surface area (Å²) in [5, 5.41) is 4.10. The first kappa shape index (κ1) is 7.06. The topological polar surface area (TPSA) is 17.8 Å². The van der Waals surface area contributed by atoms with Crippen LogP contribution in [0.5, 0.6) is 0 Å². The third kappa shape index (κ3) is 1.26. The monoisotopic (exact) mass is 136 g/mol. The first-order valence-electron chi connectivity index (χ1n) is 3.43. The van der Waals surface area contributed by atoms with E-state index in [9.17, 15) is 0 Å². The fourth-order valence-corrected chi connectivity index (χ4v) is 0.748. The van der Waals surface area contributed by atoms with E-state index in [1.54, 1.807) is 0 Å². The molecular formula is C8H12N2. The second kappa shape index (κ2) is 2.69. The maximum atomic E-state index is 4.10. The van der Waals surface area contributed by atoms with E-state index >= 15 is 0 Å². The lowest BCUT2D eigenvalue weighted by molar-refractivity contribution is 0.867. The van der Waals surface area contributed by atoms with Crippen LogP contribution in [0.25, 0.3) is 5.70 Å². The van der Waals surface area contributed by atoms with E-state index in [-0.39, 0.29) is 0 Å². The summed E-state index contributed by atoms with van der Waals surface area (Å²) >= 11 is 0. The van der Waals surface area contributed by atoms with Gasteiger partial charge in [0.25, 0.3) is 0 Å². The molecule has 1 aromatic rings. The number of aryl methyl sites for hydroxylation is 1. The summed E-state index contributed by atoms with van der Waals surface area (Å²) in [6.45, 7) is 7.95. The third-order valence-corrected chi connectivity index (χ3v) is 1.44. The number of nitrogens with zero attached hydrogens (tertiary/aromatic N) is 2. The maximum Gasteiger partial charge on any atom is 0.0523 e. The summed E-state index contributed by atoms with van der Waals surface area (Å²) in [6.07, 6.45) is 4.76. The summed E-state index contributed by atoms with van der Waals surface area (Å²) in [4.78, 5) is 0. The van der Waals surface area contributed by atoms with Crippen molar-refractivity contribution in [3.8, 4) is 0 Å². The van der Waals surface area contributed by atoms with Crippen LogP contribution in [0, 0.1) is 6.92 Å². The Morgan fingerprint density at radius 3 is 2.90 bits per heavy atom. The largest absolute Gasteiger partial charge is 0.245 e. The zero-order valence-electron chi connectivity index (χ0n) is 6.46. The molecule has 0 aliphatic rings. The van der Waals surface area contributed by atoms with E-state index in [0.29, 0.717) is 0 Å². The molecule has 1 aromatic heterocycles. The van der Waals surface area contributed by atoms with Gasteiger partial charge in [0.15, 0.2) is 0 Å². The van der Waals surface area contributed by atoms with E-state index in [1.807, 2.05) is 24.0 Å². The Hall–Kier alpha value is -1.05. The van der Waals surface area contributed by atoms with Crippen LogP contribution in [-0.2, 0) is 0 Å². The Balaban J connectivity index is 2.85. The third-order valence-electron chi connectivity index (χ3n) is 1.44. The minimum atomic E-state index is 0.946. The molecule has 1 heterocycles. The van der Waals surface area contributed by atoms with Crippen molar-refractivity contribution in [3.05, 3.63) is 24.5 Å². The molecule has 2 nitrogen and oxygen atoms in total. The molecule has 0 amide bonds. The smallest absolute Gasteiger partial charge is 0.0523 e. The summed E-state index contributed by atoms with van der Waals surface area (Å²) in [7, 11) is 0. The first-order valence-corrected chi connectivity index (χ1v) is 3.43. The number of allylic oxidation sites excluding steroid dienone is 1. The van der Waals surface area contributed by atoms with Gasteiger partial charge in [0.2, 0.25) is 0 Å². The highest BCUT2D eigenvalue weighted by Crippen LogP contribution is 2.05. The second-order valence-electron chi connectivity index (χ2n) is 2.38. The fourth-order valence-electron chi connectivity index (χ4n) is 0.748. The molecule has 54 valence electrons. The van der Waals surface area contributed by atoms with E-state index in [4.69, 9.17) is 0 Å². The van der Waals surface area contributed by atoms with Gasteiger partial charge in [-0.3, -0.25) is 0 Å². The fraction of sp³-hybridized carbons (Fsp3) is 0.375. The number of rotatable bonds is 2. The molecular weight excluding hydrogens is 124 g/mol. The second-order valence-corrected chi connectivity index (χ2v) is 2.38. The van der Waals surface area contributed by atoms with Gasteiger partial charge in [0.05, 0.1) is 6.20 Å². The van der Waals surface area contributed by atoms with Gasteiger partial charge in [-0.2, -0.15) is 5.10 Å². The first-order chi connectivity index (χ1) is 4.74. The van der Waals surface area contributed by atoms with E-state index in [2.05, 4.69) is 18.6 Å². The minimum absolute atomic E-state index is 0.946. The molecule has 0 atom stereocenters. The molecule has 2 heteroatoms. The Kier molecular flexibility index (Phi) is 1.90. The van der Waals surface area contributed by atoms with Gasteiger partial charge in [-0.15, -0.1) is 0 Å². The van der Waals surface area contributed by atoms with Gasteiger partial charge in [0, 0.05) is 11.9 Å². The molecule has 0 spiro atoms. The maximum absolute atomic E-state index is 4.10. The quantitative estimate of drug-likeness (QED) is 0.608. The zero-order chi connectivity index (χ0) is 7.56. The summed E-state index contributed by atoms with van der Waals surface area (Å²) < 4.78 is 1.81. The lowest BCUT2D eigenvalue weighted by Crippen LogP contribution is -1.93. The Bertz CT molecular complexity index is 235. The molecule has 0 aliphatic carbocycles. The highest BCUT2D eigenvalue weighted by Gasteiger charge is 1.94. The number of aromatic nitrogens is 2. The van der Waals surface area contributed by atoms with Crippen LogP contribution in [0.2, 0.25) is 0 Å². The average Bonchev–Trinajstić information content (AvgIpc) is 2.34. The molecule has 1 rings (SSSR count). The molecule has 0 radical (unpaired) electrons. The SMILES string of the molecule is C=C(CC)n1cc(C)cn1. The van der Waals surface area contributed by atoms with Crippen LogP contribution in [0.4, 0.5) is 0 Å². The van der Waals surface area contributed by atoms with Crippen LogP contribution in [0.3, 0.4) is 0 Å². The van der Waals surface area contributed by atoms with Gasteiger partial charge < -0.3 is 0 Å². The standard InChI is InChI=1S/C8H12N2/c1-4-8(3)10-6-7(2)5-9-10/h5-6H,3-4H2,1-2H3. The minimum Gasteiger partial charge on any atom is -0.245 e. The molecule has 0 aliphatic heterocycles. The highest BCUT2D eigenvalue weighted by molar-refractivity contribution is 5.39.